The lowest BCUT2D eigenvalue weighted by Gasteiger charge is -2.37. The van der Waals surface area contributed by atoms with Crippen LogP contribution in [0.1, 0.15) is 48.5 Å². The molecule has 3 rings (SSSR count). The molecule has 0 radical (unpaired) electrons. The molecule has 1 unspecified atom stereocenters. The zero-order valence-electron chi connectivity index (χ0n) is 25.5. The van der Waals surface area contributed by atoms with Crippen LogP contribution in [0.3, 0.4) is 0 Å². The molecule has 5 N–H and O–H groups in total. The molecule has 0 aromatic heterocycles. The van der Waals surface area contributed by atoms with Crippen LogP contribution < -0.4 is 26.6 Å². The first-order chi connectivity index (χ1) is 22.2. The van der Waals surface area contributed by atoms with Crippen LogP contribution in [0.2, 0.25) is 5.02 Å². The van der Waals surface area contributed by atoms with E-state index in [1.54, 1.807) is 11.0 Å². The molecule has 1 heterocycles. The summed E-state index contributed by atoms with van der Waals surface area (Å²) in [5.41, 5.74) is 4.87. The first kappa shape index (κ1) is 37.3. The molecule has 1 saturated heterocycles. The number of anilines is 2. The molecule has 11 nitrogen and oxygen atoms in total. The Bertz CT molecular complexity index is 1440. The van der Waals surface area contributed by atoms with Gasteiger partial charge in [0.15, 0.2) is 11.6 Å². The summed E-state index contributed by atoms with van der Waals surface area (Å²) >= 11 is 6.16. The van der Waals surface area contributed by atoms with Crippen LogP contribution in [0.5, 0.6) is 0 Å². The molecular formula is C30H36ClF5N6O5. The zero-order valence-corrected chi connectivity index (χ0v) is 26.3. The van der Waals surface area contributed by atoms with E-state index in [1.807, 2.05) is 11.8 Å². The van der Waals surface area contributed by atoms with Crippen molar-refractivity contribution in [1.29, 1.82) is 0 Å². The fourth-order valence-corrected chi connectivity index (χ4v) is 4.84. The van der Waals surface area contributed by atoms with Gasteiger partial charge in [0.2, 0.25) is 11.8 Å². The van der Waals surface area contributed by atoms with Gasteiger partial charge in [-0.3, -0.25) is 19.3 Å². The van der Waals surface area contributed by atoms with E-state index in [2.05, 4.69) is 16.0 Å². The molecule has 17 heteroatoms. The van der Waals surface area contributed by atoms with Gasteiger partial charge in [-0.2, -0.15) is 13.2 Å². The van der Waals surface area contributed by atoms with E-state index in [9.17, 15) is 32.3 Å². The van der Waals surface area contributed by atoms with Gasteiger partial charge in [0.25, 0.3) is 5.91 Å². The Morgan fingerprint density at radius 1 is 1.04 bits per heavy atom. The van der Waals surface area contributed by atoms with Gasteiger partial charge in [-0.15, -0.1) is 0 Å². The minimum absolute atomic E-state index is 0.0857. The van der Waals surface area contributed by atoms with E-state index in [0.29, 0.717) is 43.3 Å². The lowest BCUT2D eigenvalue weighted by atomic mass is 10.1. The van der Waals surface area contributed by atoms with Crippen molar-refractivity contribution in [3.8, 4) is 0 Å². The number of piperazine rings is 1. The third kappa shape index (κ3) is 11.5. The highest BCUT2D eigenvalue weighted by Gasteiger charge is 2.30. The average Bonchev–Trinajstić information content (AvgIpc) is 3.01. The average molecular weight is 691 g/mol. The van der Waals surface area contributed by atoms with Crippen LogP contribution in [0, 0.1) is 11.6 Å². The molecule has 2 aromatic carbocycles. The quantitative estimate of drug-likeness (QED) is 0.171. The number of unbranched alkanes of at least 4 members (excludes halogenated alkanes) is 1. The number of nitrogens with two attached hydrogens (primary N) is 1. The number of carbonyl (C=O) groups is 4. The number of alkyl halides is 3. The topological polar surface area (TPSA) is 146 Å². The summed E-state index contributed by atoms with van der Waals surface area (Å²) in [6, 6.07) is 5.18. The predicted molar refractivity (Wildman–Crippen MR) is 164 cm³/mol. The van der Waals surface area contributed by atoms with Gasteiger partial charge < -0.3 is 31.3 Å². The second-order valence-corrected chi connectivity index (χ2v) is 11.2. The van der Waals surface area contributed by atoms with Crippen molar-refractivity contribution in [2.45, 2.75) is 51.4 Å². The normalized spacial score (nSPS) is 14.3. The van der Waals surface area contributed by atoms with E-state index in [1.165, 1.54) is 12.1 Å². The van der Waals surface area contributed by atoms with Crippen molar-refractivity contribution in [2.75, 3.05) is 49.5 Å². The Balaban J connectivity index is 1.66. The monoisotopic (exact) mass is 690 g/mol. The number of amides is 4. The molecule has 0 spiro atoms. The van der Waals surface area contributed by atoms with Crippen LogP contribution in [-0.2, 0) is 20.9 Å². The van der Waals surface area contributed by atoms with Gasteiger partial charge in [-0.05, 0) is 30.7 Å². The van der Waals surface area contributed by atoms with Gasteiger partial charge in [-0.25, -0.2) is 13.6 Å². The van der Waals surface area contributed by atoms with Gasteiger partial charge >= 0.3 is 12.3 Å². The maximum absolute atomic E-state index is 15.1. The largest absolute Gasteiger partial charge is 0.450 e. The van der Waals surface area contributed by atoms with Crippen LogP contribution in [0.15, 0.2) is 30.3 Å². The highest BCUT2D eigenvalue weighted by atomic mass is 35.5. The predicted octanol–water partition coefficient (Wildman–Crippen LogP) is 4.33. The summed E-state index contributed by atoms with van der Waals surface area (Å²) in [4.78, 5) is 52.6. The highest BCUT2D eigenvalue weighted by Crippen LogP contribution is 2.31. The number of alkyl carbamates (subject to hydrolysis) is 1. The van der Waals surface area contributed by atoms with Crippen molar-refractivity contribution in [1.82, 2.24) is 15.5 Å². The molecule has 2 aromatic rings. The standard InChI is InChI=1S/C30H36ClF5N6O5/c1-2-3-14-47-29(46)40-22(16-24(37)43)28(45)38-17-18-4-6-20(26(33)25(18)32)27(44)39-21-7-5-19(31)15-23(21)42-12-10-41(11-13-42)9-8-30(34,35)36/h4-7,15,22H,2-3,8-14,16-17H2,1H3,(H2,37,43)(H,38,45)(H,39,44)(H,40,46). The van der Waals surface area contributed by atoms with E-state index in [-0.39, 0.29) is 24.4 Å². The minimum atomic E-state index is -4.26. The molecule has 258 valence electrons. The number of nitrogens with zero attached hydrogens (tertiary/aromatic N) is 2. The maximum atomic E-state index is 15.1. The Morgan fingerprint density at radius 2 is 1.74 bits per heavy atom. The maximum Gasteiger partial charge on any atom is 0.407 e. The minimum Gasteiger partial charge on any atom is -0.450 e. The number of hydrogen-bond donors (Lipinski definition) is 4. The van der Waals surface area contributed by atoms with E-state index < -0.39 is 72.6 Å². The molecule has 47 heavy (non-hydrogen) atoms. The molecule has 4 amide bonds. The number of ether oxygens (including phenoxy) is 1. The molecule has 0 bridgehead atoms. The van der Waals surface area contributed by atoms with Gasteiger partial charge in [-0.1, -0.05) is 31.0 Å². The number of carbonyl (C=O) groups excluding carboxylic acids is 4. The van der Waals surface area contributed by atoms with E-state index in [4.69, 9.17) is 22.1 Å². The second kappa shape index (κ2) is 17.1. The lowest BCUT2D eigenvalue weighted by molar-refractivity contribution is -0.138. The number of hydrogen-bond acceptors (Lipinski definition) is 7. The SMILES string of the molecule is CCCCOC(=O)NC(CC(N)=O)C(=O)NCc1ccc(C(=O)Nc2ccc(Cl)cc2N2CCN(CCC(F)(F)F)CC2)c(F)c1F. The van der Waals surface area contributed by atoms with Crippen LogP contribution in [-0.4, -0.2) is 80.3 Å². The third-order valence-corrected chi connectivity index (χ3v) is 7.47. The summed E-state index contributed by atoms with van der Waals surface area (Å²) in [5.74, 6) is -5.71. The Kier molecular flexibility index (Phi) is 13.6. The lowest BCUT2D eigenvalue weighted by Crippen LogP contribution is -2.48. The number of rotatable bonds is 14. The van der Waals surface area contributed by atoms with Crippen molar-refractivity contribution in [2.24, 2.45) is 5.73 Å². The van der Waals surface area contributed by atoms with E-state index >= 15 is 8.78 Å². The van der Waals surface area contributed by atoms with Crippen LogP contribution in [0.25, 0.3) is 0 Å². The van der Waals surface area contributed by atoms with Crippen LogP contribution in [0.4, 0.5) is 38.1 Å². The first-order valence-electron chi connectivity index (χ1n) is 14.8. The summed E-state index contributed by atoms with van der Waals surface area (Å²) in [6.07, 6.45) is -5.40. The van der Waals surface area contributed by atoms with Crippen LogP contribution >= 0.6 is 11.6 Å². The number of primary amides is 1. The van der Waals surface area contributed by atoms with Gasteiger partial charge in [0.1, 0.15) is 6.04 Å². The van der Waals surface area contributed by atoms with Crippen molar-refractivity contribution >= 4 is 46.8 Å². The summed E-state index contributed by atoms with van der Waals surface area (Å²) in [6.45, 7) is 2.60. The second-order valence-electron chi connectivity index (χ2n) is 10.8. The Hall–Kier alpha value is -4.18. The molecule has 1 aliphatic rings. The summed E-state index contributed by atoms with van der Waals surface area (Å²) in [7, 11) is 0. The van der Waals surface area contributed by atoms with Gasteiger partial charge in [0.05, 0.1) is 36.4 Å². The molecule has 0 aliphatic carbocycles. The van der Waals surface area contributed by atoms with Crippen molar-refractivity contribution in [3.63, 3.8) is 0 Å². The number of halogens is 6. The number of benzene rings is 2. The summed E-state index contributed by atoms with van der Waals surface area (Å²) < 4.78 is 72.9. The first-order valence-corrected chi connectivity index (χ1v) is 15.2. The highest BCUT2D eigenvalue weighted by molar-refractivity contribution is 6.31. The Morgan fingerprint density at radius 3 is 2.38 bits per heavy atom. The van der Waals surface area contributed by atoms with Crippen molar-refractivity contribution in [3.05, 3.63) is 58.1 Å². The molecule has 0 saturated carbocycles. The summed E-state index contributed by atoms with van der Waals surface area (Å²) in [5, 5.41) is 7.37. The molecule has 1 fully saturated rings. The smallest absolute Gasteiger partial charge is 0.407 e. The van der Waals surface area contributed by atoms with Gasteiger partial charge in [0, 0.05) is 49.9 Å². The Labute approximate surface area is 272 Å². The molecule has 1 aliphatic heterocycles. The third-order valence-electron chi connectivity index (χ3n) is 7.24. The number of nitrogens with one attached hydrogen (secondary N) is 3. The fraction of sp³-hybridized carbons (Fsp3) is 0.467. The molecular weight excluding hydrogens is 655 g/mol. The zero-order chi connectivity index (χ0) is 34.7. The van der Waals surface area contributed by atoms with E-state index in [0.717, 1.165) is 18.6 Å². The fourth-order valence-electron chi connectivity index (χ4n) is 4.67. The molecule has 1 atom stereocenters. The van der Waals surface area contributed by atoms with Crippen molar-refractivity contribution < 1.29 is 45.9 Å².